The number of aromatic nitrogens is 3. The van der Waals surface area contributed by atoms with E-state index in [0.717, 1.165) is 23.8 Å². The molecule has 0 spiro atoms. The Labute approximate surface area is 138 Å². The lowest BCUT2D eigenvalue weighted by molar-refractivity contribution is -0.117. The van der Waals surface area contributed by atoms with Crippen molar-refractivity contribution in [3.63, 3.8) is 0 Å². The predicted molar refractivity (Wildman–Crippen MR) is 90.8 cm³/mol. The molecule has 2 heterocycles. The van der Waals surface area contributed by atoms with Gasteiger partial charge in [-0.3, -0.25) is 18.7 Å². The lowest BCUT2D eigenvalue weighted by atomic mass is 10.00. The highest BCUT2D eigenvalue weighted by Crippen LogP contribution is 2.27. The number of carbonyl (C=O) groups is 1. The number of pyridine rings is 1. The van der Waals surface area contributed by atoms with Gasteiger partial charge in [0.15, 0.2) is 0 Å². The number of anilines is 1. The van der Waals surface area contributed by atoms with Crippen molar-refractivity contribution in [2.45, 2.75) is 31.7 Å². The van der Waals surface area contributed by atoms with Gasteiger partial charge in [0, 0.05) is 26.6 Å². The number of nitrogens with one attached hydrogen (secondary N) is 1. The Balaban J connectivity index is 1.87. The van der Waals surface area contributed by atoms with Gasteiger partial charge in [-0.1, -0.05) is 6.42 Å². The van der Waals surface area contributed by atoms with Crippen molar-refractivity contribution in [2.24, 2.45) is 25.7 Å². The van der Waals surface area contributed by atoms with Crippen molar-refractivity contribution in [3.05, 3.63) is 33.1 Å². The molecule has 2 aromatic rings. The fourth-order valence-corrected chi connectivity index (χ4v) is 3.30. The number of carbonyl (C=O) groups excluding carboxylic acids is 1. The molecule has 1 saturated carbocycles. The van der Waals surface area contributed by atoms with Crippen molar-refractivity contribution in [1.29, 1.82) is 0 Å². The van der Waals surface area contributed by atoms with Crippen molar-refractivity contribution >= 4 is 22.6 Å². The summed E-state index contributed by atoms with van der Waals surface area (Å²) in [6.45, 7) is 0. The van der Waals surface area contributed by atoms with Gasteiger partial charge in [0.25, 0.3) is 5.56 Å². The molecule has 2 atom stereocenters. The minimum absolute atomic E-state index is 0.0762. The van der Waals surface area contributed by atoms with Crippen LogP contribution < -0.4 is 22.3 Å². The molecule has 0 radical (unpaired) electrons. The van der Waals surface area contributed by atoms with Crippen LogP contribution in [0.3, 0.4) is 0 Å². The summed E-state index contributed by atoms with van der Waals surface area (Å²) in [5, 5.41) is 3.06. The van der Waals surface area contributed by atoms with Crippen LogP contribution in [0.15, 0.2) is 21.9 Å². The molecular weight excluding hydrogens is 310 g/mol. The fraction of sp³-hybridized carbons (Fsp3) is 0.500. The van der Waals surface area contributed by atoms with E-state index in [-0.39, 0.29) is 23.3 Å². The minimum Gasteiger partial charge on any atom is -0.327 e. The SMILES string of the molecule is Cn1c(=O)c2cc(NC(=O)C[C@@H]3CCC[C@H]3N)cnc2n(C)c1=O. The van der Waals surface area contributed by atoms with Crippen LogP contribution in [0.4, 0.5) is 5.69 Å². The average Bonchev–Trinajstić information content (AvgIpc) is 2.95. The van der Waals surface area contributed by atoms with Gasteiger partial charge in [0.05, 0.1) is 17.3 Å². The molecule has 8 nitrogen and oxygen atoms in total. The highest BCUT2D eigenvalue weighted by molar-refractivity contribution is 5.92. The van der Waals surface area contributed by atoms with E-state index in [1.165, 1.54) is 17.8 Å². The summed E-state index contributed by atoms with van der Waals surface area (Å²) < 4.78 is 2.33. The maximum atomic E-state index is 12.2. The molecule has 0 bridgehead atoms. The number of nitrogens with two attached hydrogens (primary N) is 1. The molecule has 0 saturated heterocycles. The number of fused-ring (bicyclic) bond motifs is 1. The van der Waals surface area contributed by atoms with Gasteiger partial charge in [-0.25, -0.2) is 9.78 Å². The van der Waals surface area contributed by atoms with Gasteiger partial charge in [-0.15, -0.1) is 0 Å². The summed E-state index contributed by atoms with van der Waals surface area (Å²) in [4.78, 5) is 40.5. The molecule has 1 aliphatic carbocycles. The fourth-order valence-electron chi connectivity index (χ4n) is 3.30. The number of aryl methyl sites for hydroxylation is 1. The van der Waals surface area contributed by atoms with E-state index < -0.39 is 11.2 Å². The Kier molecular flexibility index (Phi) is 4.23. The molecule has 2 aromatic heterocycles. The third kappa shape index (κ3) is 2.84. The summed E-state index contributed by atoms with van der Waals surface area (Å²) in [5.74, 6) is 0.0623. The summed E-state index contributed by atoms with van der Waals surface area (Å²) in [6, 6.07) is 1.63. The Morgan fingerprint density at radius 2 is 2.08 bits per heavy atom. The smallest absolute Gasteiger partial charge is 0.327 e. The van der Waals surface area contributed by atoms with Gasteiger partial charge in [0.1, 0.15) is 5.65 Å². The minimum atomic E-state index is -0.438. The molecular formula is C16H21N5O3. The number of rotatable bonds is 3. The van der Waals surface area contributed by atoms with E-state index in [0.29, 0.717) is 17.8 Å². The van der Waals surface area contributed by atoms with Crippen LogP contribution in [-0.2, 0) is 18.9 Å². The monoisotopic (exact) mass is 331 g/mol. The zero-order chi connectivity index (χ0) is 17.4. The topological polar surface area (TPSA) is 112 Å². The molecule has 1 aliphatic rings. The summed E-state index contributed by atoms with van der Waals surface area (Å²) in [5.41, 5.74) is 5.85. The second kappa shape index (κ2) is 6.20. The van der Waals surface area contributed by atoms with Gasteiger partial charge in [-0.05, 0) is 24.8 Å². The largest absolute Gasteiger partial charge is 0.332 e. The molecule has 0 aromatic carbocycles. The zero-order valence-electron chi connectivity index (χ0n) is 13.8. The summed E-state index contributed by atoms with van der Waals surface area (Å²) in [6.07, 6.45) is 4.80. The number of nitrogens with zero attached hydrogens (tertiary/aromatic N) is 3. The highest BCUT2D eigenvalue weighted by Gasteiger charge is 2.26. The van der Waals surface area contributed by atoms with Crippen LogP contribution in [0, 0.1) is 5.92 Å². The third-order valence-corrected chi connectivity index (χ3v) is 4.74. The molecule has 1 fully saturated rings. The van der Waals surface area contributed by atoms with Gasteiger partial charge in [-0.2, -0.15) is 0 Å². The number of hydrogen-bond donors (Lipinski definition) is 2. The molecule has 3 rings (SSSR count). The first-order valence-corrected chi connectivity index (χ1v) is 7.99. The van der Waals surface area contributed by atoms with Crippen LogP contribution in [0.5, 0.6) is 0 Å². The van der Waals surface area contributed by atoms with E-state index in [9.17, 15) is 14.4 Å². The first-order valence-electron chi connectivity index (χ1n) is 7.99. The third-order valence-electron chi connectivity index (χ3n) is 4.74. The van der Waals surface area contributed by atoms with E-state index >= 15 is 0 Å². The normalized spacial score (nSPS) is 20.5. The Bertz CT molecular complexity index is 914. The first kappa shape index (κ1) is 16.4. The predicted octanol–water partition coefficient (Wildman–Crippen LogP) is 0.0882. The average molecular weight is 331 g/mol. The van der Waals surface area contributed by atoms with Crippen LogP contribution in [0.1, 0.15) is 25.7 Å². The maximum Gasteiger partial charge on any atom is 0.332 e. The number of hydrogen-bond acceptors (Lipinski definition) is 5. The van der Waals surface area contributed by atoms with Gasteiger partial charge >= 0.3 is 5.69 Å². The van der Waals surface area contributed by atoms with Crippen LogP contribution in [0.2, 0.25) is 0 Å². The molecule has 8 heteroatoms. The van der Waals surface area contributed by atoms with Crippen molar-refractivity contribution < 1.29 is 4.79 Å². The van der Waals surface area contributed by atoms with Crippen molar-refractivity contribution in [2.75, 3.05) is 5.32 Å². The van der Waals surface area contributed by atoms with Crippen molar-refractivity contribution in [3.8, 4) is 0 Å². The van der Waals surface area contributed by atoms with Gasteiger partial charge in [0.2, 0.25) is 5.91 Å². The van der Waals surface area contributed by atoms with E-state index in [4.69, 9.17) is 5.73 Å². The highest BCUT2D eigenvalue weighted by atomic mass is 16.2. The van der Waals surface area contributed by atoms with Crippen molar-refractivity contribution in [1.82, 2.24) is 14.1 Å². The lowest BCUT2D eigenvalue weighted by Gasteiger charge is -2.15. The van der Waals surface area contributed by atoms with E-state index in [2.05, 4.69) is 10.3 Å². The summed E-state index contributed by atoms with van der Waals surface area (Å²) in [7, 11) is 2.97. The van der Waals surface area contributed by atoms with Gasteiger partial charge < -0.3 is 11.1 Å². The molecule has 3 N–H and O–H groups in total. The van der Waals surface area contributed by atoms with E-state index in [1.54, 1.807) is 13.1 Å². The molecule has 24 heavy (non-hydrogen) atoms. The standard InChI is InChI=1S/C16H21N5O3/c1-20-14-11(15(23)21(2)16(20)24)7-10(8-18-14)19-13(22)6-9-4-3-5-12(9)17/h7-9,12H,3-6,17H2,1-2H3,(H,19,22)/t9-,12+/m0/s1. The maximum absolute atomic E-state index is 12.2. The quantitative estimate of drug-likeness (QED) is 0.828. The Hall–Kier alpha value is -2.48. The zero-order valence-corrected chi connectivity index (χ0v) is 13.8. The second-order valence-electron chi connectivity index (χ2n) is 6.41. The molecule has 0 unspecified atom stereocenters. The van der Waals surface area contributed by atoms with Crippen LogP contribution in [-0.4, -0.2) is 26.1 Å². The number of amides is 1. The molecule has 1 amide bonds. The summed E-state index contributed by atoms with van der Waals surface area (Å²) >= 11 is 0. The Morgan fingerprint density at radius 1 is 1.33 bits per heavy atom. The Morgan fingerprint density at radius 3 is 2.75 bits per heavy atom. The second-order valence-corrected chi connectivity index (χ2v) is 6.41. The van der Waals surface area contributed by atoms with E-state index in [1.807, 2.05) is 0 Å². The molecule has 0 aliphatic heterocycles. The van der Waals surface area contributed by atoms with Crippen LogP contribution in [0.25, 0.3) is 11.0 Å². The first-order chi connectivity index (χ1) is 11.4. The molecule has 128 valence electrons. The van der Waals surface area contributed by atoms with Crippen LogP contribution >= 0.6 is 0 Å². The lowest BCUT2D eigenvalue weighted by Crippen LogP contribution is -2.37.